The Kier molecular flexibility index (Phi) is 6.42. The maximum atomic E-state index is 6.76. The molecule has 0 atom stereocenters. The summed E-state index contributed by atoms with van der Waals surface area (Å²) in [6, 6.07) is 58.6. The maximum Gasteiger partial charge on any atom is 0.167 e. The highest BCUT2D eigenvalue weighted by molar-refractivity contribution is 6.16. The van der Waals surface area contributed by atoms with Gasteiger partial charge in [-0.3, -0.25) is 0 Å². The van der Waals surface area contributed by atoms with Gasteiger partial charge < -0.3 is 8.98 Å². The molecule has 0 bridgehead atoms. The molecule has 0 saturated carbocycles. The molecule has 0 spiro atoms. The number of rotatable bonds is 5. The van der Waals surface area contributed by atoms with Gasteiger partial charge in [0.1, 0.15) is 11.2 Å². The summed E-state index contributed by atoms with van der Waals surface area (Å²) in [6.45, 7) is 0. The zero-order valence-electron chi connectivity index (χ0n) is 26.9. The van der Waals surface area contributed by atoms with Gasteiger partial charge in [0, 0.05) is 27.3 Å². The summed E-state index contributed by atoms with van der Waals surface area (Å²) in [4.78, 5) is 14.9. The summed E-state index contributed by atoms with van der Waals surface area (Å²) >= 11 is 0. The lowest BCUT2D eigenvalue weighted by Crippen LogP contribution is -2.00. The molecule has 5 nitrogen and oxygen atoms in total. The molecule has 10 aromatic rings. The Labute approximate surface area is 287 Å². The molecule has 3 aromatic heterocycles. The second-order valence-electron chi connectivity index (χ2n) is 12.4. The quantitative estimate of drug-likeness (QED) is 0.188. The fourth-order valence-electron chi connectivity index (χ4n) is 7.16. The summed E-state index contributed by atoms with van der Waals surface area (Å²) in [5, 5.41) is 4.46. The number of furan rings is 1. The highest BCUT2D eigenvalue weighted by Gasteiger charge is 2.21. The van der Waals surface area contributed by atoms with Crippen LogP contribution < -0.4 is 0 Å². The minimum Gasteiger partial charge on any atom is -0.455 e. The van der Waals surface area contributed by atoms with Gasteiger partial charge in [-0.15, -0.1) is 0 Å². The summed E-state index contributed by atoms with van der Waals surface area (Å²) in [7, 11) is 0. The first-order chi connectivity index (χ1) is 24.8. The van der Waals surface area contributed by atoms with E-state index in [1.165, 1.54) is 21.9 Å². The zero-order chi connectivity index (χ0) is 33.0. The van der Waals surface area contributed by atoms with Crippen molar-refractivity contribution in [2.24, 2.45) is 0 Å². The fourth-order valence-corrected chi connectivity index (χ4v) is 7.16. The Bertz CT molecular complexity index is 2800. The monoisotopic (exact) mass is 640 g/mol. The van der Waals surface area contributed by atoms with Crippen molar-refractivity contribution in [3.63, 3.8) is 0 Å². The van der Waals surface area contributed by atoms with E-state index in [0.29, 0.717) is 17.5 Å². The fraction of sp³-hybridized carbons (Fsp3) is 0. The molecule has 234 valence electrons. The van der Waals surface area contributed by atoms with Crippen LogP contribution in [0.1, 0.15) is 0 Å². The molecule has 5 heteroatoms. The molecular formula is C45H28N4O. The lowest BCUT2D eigenvalue weighted by molar-refractivity contribution is 0.669. The number of hydrogen-bond acceptors (Lipinski definition) is 4. The van der Waals surface area contributed by atoms with E-state index in [2.05, 4.69) is 102 Å². The van der Waals surface area contributed by atoms with Crippen molar-refractivity contribution in [3.8, 4) is 51.0 Å². The molecule has 0 aliphatic carbocycles. The predicted octanol–water partition coefficient (Wildman–Crippen LogP) is 11.5. The van der Waals surface area contributed by atoms with Crippen LogP contribution in [-0.4, -0.2) is 19.5 Å². The first-order valence-electron chi connectivity index (χ1n) is 16.7. The summed E-state index contributed by atoms with van der Waals surface area (Å²) in [5.41, 5.74) is 9.95. The number of fused-ring (bicyclic) bond motifs is 6. The molecule has 0 saturated heterocycles. The van der Waals surface area contributed by atoms with Crippen molar-refractivity contribution in [1.29, 1.82) is 0 Å². The maximum absolute atomic E-state index is 6.76. The van der Waals surface area contributed by atoms with Gasteiger partial charge in [0.25, 0.3) is 0 Å². The van der Waals surface area contributed by atoms with E-state index in [4.69, 9.17) is 19.4 Å². The zero-order valence-corrected chi connectivity index (χ0v) is 26.9. The van der Waals surface area contributed by atoms with Crippen LogP contribution >= 0.6 is 0 Å². The van der Waals surface area contributed by atoms with Crippen LogP contribution in [0.25, 0.3) is 94.7 Å². The second-order valence-corrected chi connectivity index (χ2v) is 12.4. The van der Waals surface area contributed by atoms with Crippen molar-refractivity contribution in [3.05, 3.63) is 170 Å². The molecule has 50 heavy (non-hydrogen) atoms. The third-order valence-corrected chi connectivity index (χ3v) is 9.46. The molecule has 0 amide bonds. The van der Waals surface area contributed by atoms with Gasteiger partial charge in [-0.25, -0.2) is 15.0 Å². The standard InChI is InChI=1S/C45H28N4O/c1-4-14-29(15-5-1)32-26-27-38-36(28-32)33-20-10-11-23-37(33)49(38)39-24-13-25-40-41(39)34-21-12-22-35(42(34)50-40)45-47-43(30-16-6-2-7-17-30)46-44(48-45)31-18-8-3-9-19-31/h1-28H. The largest absolute Gasteiger partial charge is 0.455 e. The lowest BCUT2D eigenvalue weighted by Gasteiger charge is -2.10. The van der Waals surface area contributed by atoms with E-state index in [-0.39, 0.29) is 0 Å². The van der Waals surface area contributed by atoms with Crippen LogP contribution in [-0.2, 0) is 0 Å². The van der Waals surface area contributed by atoms with E-state index in [0.717, 1.165) is 55.3 Å². The van der Waals surface area contributed by atoms with Crippen molar-refractivity contribution in [2.75, 3.05) is 0 Å². The lowest BCUT2D eigenvalue weighted by atomic mass is 10.0. The Morgan fingerprint density at radius 1 is 0.400 bits per heavy atom. The third kappa shape index (κ3) is 4.52. The minimum absolute atomic E-state index is 0.564. The SMILES string of the molecule is c1ccc(-c2ccc3c(c2)c2ccccc2n3-c2cccc3oc4c(-c5nc(-c6ccccc6)nc(-c6ccccc6)n5)cccc4c23)cc1. The molecule has 3 heterocycles. The van der Waals surface area contributed by atoms with Crippen LogP contribution in [0.3, 0.4) is 0 Å². The normalized spacial score (nSPS) is 11.6. The molecule has 0 unspecified atom stereocenters. The van der Waals surface area contributed by atoms with Crippen molar-refractivity contribution < 1.29 is 4.42 Å². The van der Waals surface area contributed by atoms with Gasteiger partial charge >= 0.3 is 0 Å². The van der Waals surface area contributed by atoms with Gasteiger partial charge in [0.15, 0.2) is 17.5 Å². The van der Waals surface area contributed by atoms with Crippen molar-refractivity contribution in [2.45, 2.75) is 0 Å². The van der Waals surface area contributed by atoms with Crippen LogP contribution in [0.2, 0.25) is 0 Å². The molecule has 0 radical (unpaired) electrons. The van der Waals surface area contributed by atoms with Gasteiger partial charge in [0.2, 0.25) is 0 Å². The average Bonchev–Trinajstić information content (AvgIpc) is 3.74. The summed E-state index contributed by atoms with van der Waals surface area (Å²) < 4.78 is 9.12. The molecule has 0 aliphatic heterocycles. The van der Waals surface area contributed by atoms with E-state index < -0.39 is 0 Å². The second kappa shape index (κ2) is 11.4. The highest BCUT2D eigenvalue weighted by atomic mass is 16.3. The van der Waals surface area contributed by atoms with Crippen LogP contribution in [0.4, 0.5) is 0 Å². The Morgan fingerprint density at radius 2 is 0.980 bits per heavy atom. The van der Waals surface area contributed by atoms with Gasteiger partial charge in [-0.1, -0.05) is 133 Å². The Hall–Kier alpha value is -6.85. The first kappa shape index (κ1) is 28.2. The molecule has 10 rings (SSSR count). The van der Waals surface area contributed by atoms with Crippen LogP contribution in [0.5, 0.6) is 0 Å². The van der Waals surface area contributed by atoms with Gasteiger partial charge in [0.05, 0.1) is 27.7 Å². The number of para-hydroxylation sites is 2. The average molecular weight is 641 g/mol. The van der Waals surface area contributed by atoms with Gasteiger partial charge in [-0.05, 0) is 47.5 Å². The van der Waals surface area contributed by atoms with Crippen LogP contribution in [0.15, 0.2) is 174 Å². The van der Waals surface area contributed by atoms with Crippen molar-refractivity contribution in [1.82, 2.24) is 19.5 Å². The predicted molar refractivity (Wildman–Crippen MR) is 203 cm³/mol. The number of aromatic nitrogens is 4. The molecular weight excluding hydrogens is 613 g/mol. The Balaban J connectivity index is 1.21. The smallest absolute Gasteiger partial charge is 0.167 e. The summed E-state index contributed by atoms with van der Waals surface area (Å²) in [5.74, 6) is 1.79. The minimum atomic E-state index is 0.564. The highest BCUT2D eigenvalue weighted by Crippen LogP contribution is 2.42. The number of nitrogens with zero attached hydrogens (tertiary/aromatic N) is 4. The van der Waals surface area contributed by atoms with Crippen molar-refractivity contribution >= 4 is 43.7 Å². The molecule has 7 aromatic carbocycles. The van der Waals surface area contributed by atoms with E-state index in [9.17, 15) is 0 Å². The topological polar surface area (TPSA) is 56.7 Å². The van der Waals surface area contributed by atoms with E-state index in [1.807, 2.05) is 72.8 Å². The molecule has 0 N–H and O–H groups in total. The summed E-state index contributed by atoms with van der Waals surface area (Å²) in [6.07, 6.45) is 0. The third-order valence-electron chi connectivity index (χ3n) is 9.46. The molecule has 0 aliphatic rings. The molecule has 0 fully saturated rings. The van der Waals surface area contributed by atoms with E-state index in [1.54, 1.807) is 0 Å². The number of benzene rings is 7. The van der Waals surface area contributed by atoms with E-state index >= 15 is 0 Å². The number of hydrogen-bond donors (Lipinski definition) is 0. The Morgan fingerprint density at radius 3 is 1.70 bits per heavy atom. The first-order valence-corrected chi connectivity index (χ1v) is 16.7. The van der Waals surface area contributed by atoms with Gasteiger partial charge in [-0.2, -0.15) is 0 Å². The van der Waals surface area contributed by atoms with Crippen LogP contribution in [0, 0.1) is 0 Å².